The van der Waals surface area contributed by atoms with Crippen molar-refractivity contribution in [2.24, 2.45) is 0 Å². The fraction of sp³-hybridized carbons (Fsp3) is 0.778. The van der Waals surface area contributed by atoms with Gasteiger partial charge in [0.25, 0.3) is 0 Å². The molecular weight excluding hydrogens is 218 g/mol. The number of hydrogen-bond acceptors (Lipinski definition) is 4. The van der Waals surface area contributed by atoms with Crippen molar-refractivity contribution < 1.29 is 19.8 Å². The highest BCUT2D eigenvalue weighted by molar-refractivity contribution is 8.00. The molecule has 0 radical (unpaired) electrons. The van der Waals surface area contributed by atoms with E-state index in [1.54, 1.807) is 0 Å². The Hall–Kier alpha value is -0.750. The number of amides is 1. The molecule has 0 spiro atoms. The fourth-order valence-electron chi connectivity index (χ4n) is 0.846. The summed E-state index contributed by atoms with van der Waals surface area (Å²) in [7, 11) is 0. The third-order valence-corrected chi connectivity index (χ3v) is 2.71. The van der Waals surface area contributed by atoms with Gasteiger partial charge >= 0.3 is 5.97 Å². The molecule has 3 N–H and O–H groups in total. The largest absolute Gasteiger partial charge is 0.480 e. The lowest BCUT2D eigenvalue weighted by Crippen LogP contribution is -2.48. The maximum atomic E-state index is 11.3. The molecule has 6 heteroatoms. The first-order valence-electron chi connectivity index (χ1n) is 4.66. The lowest BCUT2D eigenvalue weighted by molar-refractivity contribution is -0.144. The molecule has 2 atom stereocenters. The molecular formula is C9H17NO4S. The lowest BCUT2D eigenvalue weighted by atomic mass is 10.2. The van der Waals surface area contributed by atoms with Gasteiger partial charge in [-0.3, -0.25) is 4.79 Å². The molecule has 0 aromatic heterocycles. The van der Waals surface area contributed by atoms with Gasteiger partial charge in [-0.05, 0) is 12.2 Å². The first kappa shape index (κ1) is 14.2. The number of aliphatic hydroxyl groups excluding tert-OH is 1. The average molecular weight is 235 g/mol. The number of carbonyl (C=O) groups excluding carboxylic acids is 1. The fourth-order valence-corrected chi connectivity index (χ4v) is 1.41. The molecule has 0 saturated carbocycles. The van der Waals surface area contributed by atoms with Crippen molar-refractivity contribution in [3.63, 3.8) is 0 Å². The van der Waals surface area contributed by atoms with Gasteiger partial charge in [-0.25, -0.2) is 4.79 Å². The first-order valence-corrected chi connectivity index (χ1v) is 5.71. The normalized spacial score (nSPS) is 14.7. The number of hydrogen-bond donors (Lipinski definition) is 3. The Balaban J connectivity index is 4.07. The van der Waals surface area contributed by atoms with E-state index in [0.717, 1.165) is 0 Å². The SMILES string of the molecule is CC(C)SCC(=O)NC(C(=O)O)C(C)O. The second kappa shape index (κ2) is 6.68. The second-order valence-electron chi connectivity index (χ2n) is 3.48. The van der Waals surface area contributed by atoms with Crippen LogP contribution in [0.3, 0.4) is 0 Å². The summed E-state index contributed by atoms with van der Waals surface area (Å²) in [6.07, 6.45) is -1.10. The van der Waals surface area contributed by atoms with Crippen LogP contribution in [0, 0.1) is 0 Å². The summed E-state index contributed by atoms with van der Waals surface area (Å²) in [6.45, 7) is 5.22. The monoisotopic (exact) mass is 235 g/mol. The number of carboxylic acid groups (broad SMARTS) is 1. The van der Waals surface area contributed by atoms with Crippen LogP contribution in [0.25, 0.3) is 0 Å². The van der Waals surface area contributed by atoms with E-state index < -0.39 is 18.1 Å². The third kappa shape index (κ3) is 6.35. The van der Waals surface area contributed by atoms with Gasteiger partial charge in [0, 0.05) is 0 Å². The van der Waals surface area contributed by atoms with Crippen molar-refractivity contribution in [2.45, 2.75) is 38.2 Å². The van der Waals surface area contributed by atoms with Crippen LogP contribution in [0.4, 0.5) is 0 Å². The summed E-state index contributed by atoms with van der Waals surface area (Å²) in [4.78, 5) is 21.9. The smallest absolute Gasteiger partial charge is 0.328 e. The van der Waals surface area contributed by atoms with E-state index in [1.807, 2.05) is 13.8 Å². The van der Waals surface area contributed by atoms with Crippen LogP contribution in [-0.4, -0.2) is 45.2 Å². The Morgan fingerprint density at radius 2 is 1.87 bits per heavy atom. The quantitative estimate of drug-likeness (QED) is 0.607. The van der Waals surface area contributed by atoms with Gasteiger partial charge in [-0.2, -0.15) is 0 Å². The summed E-state index contributed by atoms with van der Waals surface area (Å²) < 4.78 is 0. The minimum Gasteiger partial charge on any atom is -0.480 e. The Morgan fingerprint density at radius 1 is 1.33 bits per heavy atom. The average Bonchev–Trinajstić information content (AvgIpc) is 2.09. The van der Waals surface area contributed by atoms with E-state index >= 15 is 0 Å². The van der Waals surface area contributed by atoms with E-state index in [0.29, 0.717) is 5.25 Å². The Kier molecular flexibility index (Phi) is 6.35. The molecule has 0 fully saturated rings. The first-order chi connectivity index (χ1) is 6.84. The van der Waals surface area contributed by atoms with Crippen LogP contribution in [0.5, 0.6) is 0 Å². The van der Waals surface area contributed by atoms with Crippen molar-refractivity contribution in [2.75, 3.05) is 5.75 Å². The molecule has 0 bridgehead atoms. The zero-order valence-corrected chi connectivity index (χ0v) is 9.87. The van der Waals surface area contributed by atoms with Gasteiger partial charge in [0.2, 0.25) is 5.91 Å². The van der Waals surface area contributed by atoms with Gasteiger partial charge < -0.3 is 15.5 Å². The number of thioether (sulfide) groups is 1. The number of rotatable bonds is 6. The van der Waals surface area contributed by atoms with Gasteiger partial charge in [-0.1, -0.05) is 13.8 Å². The highest BCUT2D eigenvalue weighted by atomic mass is 32.2. The zero-order chi connectivity index (χ0) is 12.0. The minimum absolute atomic E-state index is 0.203. The molecule has 88 valence electrons. The molecule has 0 saturated heterocycles. The Morgan fingerprint density at radius 3 is 2.20 bits per heavy atom. The van der Waals surface area contributed by atoms with Crippen LogP contribution in [0.2, 0.25) is 0 Å². The number of carboxylic acids is 1. The highest BCUT2D eigenvalue weighted by Gasteiger charge is 2.24. The molecule has 0 rings (SSSR count). The predicted octanol–water partition coefficient (Wildman–Crippen LogP) is 0.0782. The zero-order valence-electron chi connectivity index (χ0n) is 9.06. The van der Waals surface area contributed by atoms with Gasteiger partial charge in [0.1, 0.15) is 0 Å². The number of carbonyl (C=O) groups is 2. The standard InChI is InChI=1S/C9H17NO4S/c1-5(2)15-4-7(12)10-8(6(3)11)9(13)14/h5-6,8,11H,4H2,1-3H3,(H,10,12)(H,13,14). The van der Waals surface area contributed by atoms with E-state index in [-0.39, 0.29) is 11.7 Å². The molecule has 5 nitrogen and oxygen atoms in total. The van der Waals surface area contributed by atoms with Crippen LogP contribution in [-0.2, 0) is 9.59 Å². The van der Waals surface area contributed by atoms with Crippen LogP contribution in [0.1, 0.15) is 20.8 Å². The molecule has 1 amide bonds. The minimum atomic E-state index is -1.23. The molecule has 15 heavy (non-hydrogen) atoms. The highest BCUT2D eigenvalue weighted by Crippen LogP contribution is 2.08. The molecule has 0 aromatic carbocycles. The van der Waals surface area contributed by atoms with Crippen molar-refractivity contribution in [3.05, 3.63) is 0 Å². The predicted molar refractivity (Wildman–Crippen MR) is 58.8 cm³/mol. The van der Waals surface area contributed by atoms with Crippen molar-refractivity contribution in [3.8, 4) is 0 Å². The van der Waals surface area contributed by atoms with E-state index in [4.69, 9.17) is 10.2 Å². The van der Waals surface area contributed by atoms with Crippen LogP contribution < -0.4 is 5.32 Å². The van der Waals surface area contributed by atoms with Crippen molar-refractivity contribution in [1.82, 2.24) is 5.32 Å². The lowest BCUT2D eigenvalue weighted by Gasteiger charge is -2.17. The molecule has 0 aromatic rings. The maximum absolute atomic E-state index is 11.3. The number of aliphatic carboxylic acids is 1. The summed E-state index contributed by atoms with van der Waals surface area (Å²) >= 11 is 1.42. The molecule has 0 aliphatic rings. The van der Waals surface area contributed by atoms with Gasteiger partial charge in [0.15, 0.2) is 6.04 Å². The molecule has 2 unspecified atom stereocenters. The van der Waals surface area contributed by atoms with Crippen molar-refractivity contribution >= 4 is 23.6 Å². The number of nitrogens with one attached hydrogen (secondary N) is 1. The van der Waals surface area contributed by atoms with Gasteiger partial charge in [-0.15, -0.1) is 11.8 Å². The second-order valence-corrected chi connectivity index (χ2v) is 5.05. The summed E-state index contributed by atoms with van der Waals surface area (Å²) in [5.41, 5.74) is 0. The van der Waals surface area contributed by atoms with Crippen molar-refractivity contribution in [1.29, 1.82) is 0 Å². The topological polar surface area (TPSA) is 86.6 Å². The van der Waals surface area contributed by atoms with Crippen LogP contribution in [0.15, 0.2) is 0 Å². The third-order valence-electron chi connectivity index (χ3n) is 1.61. The molecule has 0 aliphatic carbocycles. The Labute approximate surface area is 93.2 Å². The number of aliphatic hydroxyl groups is 1. The van der Waals surface area contributed by atoms with Gasteiger partial charge in [0.05, 0.1) is 11.9 Å². The molecule has 0 aliphatic heterocycles. The van der Waals surface area contributed by atoms with E-state index in [1.165, 1.54) is 18.7 Å². The summed E-state index contributed by atoms with van der Waals surface area (Å²) in [5, 5.41) is 20.4. The summed E-state index contributed by atoms with van der Waals surface area (Å²) in [6, 6.07) is -1.23. The Bertz CT molecular complexity index is 230. The summed E-state index contributed by atoms with van der Waals surface area (Å²) in [5.74, 6) is -1.40. The molecule has 0 heterocycles. The van der Waals surface area contributed by atoms with E-state index in [2.05, 4.69) is 5.32 Å². The van der Waals surface area contributed by atoms with E-state index in [9.17, 15) is 9.59 Å². The maximum Gasteiger partial charge on any atom is 0.328 e. The van der Waals surface area contributed by atoms with Crippen LogP contribution >= 0.6 is 11.8 Å².